The first-order chi connectivity index (χ1) is 6.19. The summed E-state index contributed by atoms with van der Waals surface area (Å²) in [7, 11) is 0. The van der Waals surface area contributed by atoms with E-state index in [9.17, 15) is 4.79 Å². The summed E-state index contributed by atoms with van der Waals surface area (Å²) >= 11 is 1.84. The van der Waals surface area contributed by atoms with E-state index in [1.807, 2.05) is 17.8 Å². The summed E-state index contributed by atoms with van der Waals surface area (Å²) in [6.07, 6.45) is 6.83. The van der Waals surface area contributed by atoms with Gasteiger partial charge in [-0.05, 0) is 38.4 Å². The molecule has 1 aliphatic heterocycles. The molecule has 0 N–H and O–H groups in total. The monoisotopic (exact) mass is 198 g/mol. The average molecular weight is 198 g/mol. The largest absolute Gasteiger partial charge is 0.298 e. The molecule has 0 aliphatic carbocycles. The van der Waals surface area contributed by atoms with Crippen LogP contribution in [0.5, 0.6) is 0 Å². The molecule has 0 radical (unpaired) electrons. The Morgan fingerprint density at radius 1 is 1.69 bits per heavy atom. The quantitative estimate of drug-likeness (QED) is 0.498. The van der Waals surface area contributed by atoms with Gasteiger partial charge in [-0.15, -0.1) is 18.3 Å². The molecule has 1 rings (SSSR count). The lowest BCUT2D eigenvalue weighted by molar-refractivity contribution is -0.121. The van der Waals surface area contributed by atoms with E-state index in [4.69, 9.17) is 0 Å². The van der Waals surface area contributed by atoms with E-state index in [0.717, 1.165) is 31.4 Å². The topological polar surface area (TPSA) is 17.1 Å². The molecule has 2 heteroatoms. The predicted octanol–water partition coefficient (Wildman–Crippen LogP) is 3.20. The number of carbonyl (C=O) groups is 1. The summed E-state index contributed by atoms with van der Waals surface area (Å²) in [4.78, 5) is 11.8. The highest BCUT2D eigenvalue weighted by molar-refractivity contribution is 8.01. The number of rotatable bonds is 5. The van der Waals surface area contributed by atoms with E-state index in [2.05, 4.69) is 13.5 Å². The number of allylic oxidation sites excluding steroid dienone is 1. The number of ketones is 1. The second-order valence-electron chi connectivity index (χ2n) is 3.79. The van der Waals surface area contributed by atoms with E-state index in [-0.39, 0.29) is 4.75 Å². The highest BCUT2D eigenvalue weighted by Crippen LogP contribution is 2.39. The molecule has 1 nitrogen and oxygen atoms in total. The van der Waals surface area contributed by atoms with Crippen LogP contribution in [0.4, 0.5) is 0 Å². The zero-order valence-electron chi connectivity index (χ0n) is 8.34. The third kappa shape index (κ3) is 2.87. The van der Waals surface area contributed by atoms with E-state index in [1.54, 1.807) is 0 Å². The van der Waals surface area contributed by atoms with Gasteiger partial charge in [0.05, 0.1) is 4.75 Å². The second kappa shape index (κ2) is 4.85. The first kappa shape index (κ1) is 10.8. The van der Waals surface area contributed by atoms with Gasteiger partial charge in [-0.3, -0.25) is 4.79 Å². The van der Waals surface area contributed by atoms with E-state index in [1.165, 1.54) is 6.42 Å². The number of unbranched alkanes of at least 4 members (excludes halogenated alkanes) is 1. The van der Waals surface area contributed by atoms with Crippen LogP contribution < -0.4 is 0 Å². The Morgan fingerprint density at radius 3 is 3.00 bits per heavy atom. The van der Waals surface area contributed by atoms with Crippen LogP contribution in [0.2, 0.25) is 0 Å². The van der Waals surface area contributed by atoms with Crippen molar-refractivity contribution in [3.63, 3.8) is 0 Å². The van der Waals surface area contributed by atoms with Crippen molar-refractivity contribution in [1.82, 2.24) is 0 Å². The van der Waals surface area contributed by atoms with Crippen LogP contribution >= 0.6 is 11.8 Å². The minimum Gasteiger partial charge on any atom is -0.298 e. The smallest absolute Gasteiger partial charge is 0.148 e. The van der Waals surface area contributed by atoms with Gasteiger partial charge in [0.25, 0.3) is 0 Å². The predicted molar refractivity (Wildman–Crippen MR) is 59.2 cm³/mol. The summed E-state index contributed by atoms with van der Waals surface area (Å²) < 4.78 is -0.0544. The molecule has 0 aromatic rings. The molecule has 1 atom stereocenters. The van der Waals surface area contributed by atoms with Crippen molar-refractivity contribution < 1.29 is 4.79 Å². The highest BCUT2D eigenvalue weighted by Gasteiger charge is 2.35. The van der Waals surface area contributed by atoms with Crippen molar-refractivity contribution in [1.29, 1.82) is 0 Å². The highest BCUT2D eigenvalue weighted by atomic mass is 32.2. The molecule has 0 aromatic carbocycles. The maximum atomic E-state index is 11.8. The molecule has 0 bridgehead atoms. The van der Waals surface area contributed by atoms with Crippen LogP contribution in [0.25, 0.3) is 0 Å². The van der Waals surface area contributed by atoms with Gasteiger partial charge < -0.3 is 0 Å². The fourth-order valence-electron chi connectivity index (χ4n) is 1.67. The Hall–Kier alpha value is -0.240. The summed E-state index contributed by atoms with van der Waals surface area (Å²) in [6.45, 7) is 5.75. The normalized spacial score (nSPS) is 27.5. The Labute approximate surface area is 85.0 Å². The summed E-state index contributed by atoms with van der Waals surface area (Å²) in [5.41, 5.74) is 0. The maximum absolute atomic E-state index is 11.8. The summed E-state index contributed by atoms with van der Waals surface area (Å²) in [5, 5.41) is 0. The van der Waals surface area contributed by atoms with Crippen LogP contribution in [0.1, 0.15) is 39.0 Å². The summed E-state index contributed by atoms with van der Waals surface area (Å²) in [5.74, 6) is 1.60. The molecule has 74 valence electrons. The van der Waals surface area contributed by atoms with Gasteiger partial charge in [0.15, 0.2) is 0 Å². The number of Topliss-reactive ketones (excluding diaryl/α,β-unsaturated/α-hetero) is 1. The molecular formula is C11H18OS. The Morgan fingerprint density at radius 2 is 2.46 bits per heavy atom. The molecular weight excluding hydrogens is 180 g/mol. The lowest BCUT2D eigenvalue weighted by Crippen LogP contribution is -2.28. The van der Waals surface area contributed by atoms with Gasteiger partial charge in [-0.1, -0.05) is 6.08 Å². The zero-order valence-corrected chi connectivity index (χ0v) is 9.16. The fraction of sp³-hybridized carbons (Fsp3) is 0.727. The van der Waals surface area contributed by atoms with Crippen molar-refractivity contribution in [2.45, 2.75) is 43.8 Å². The van der Waals surface area contributed by atoms with Gasteiger partial charge >= 0.3 is 0 Å². The van der Waals surface area contributed by atoms with Crippen LogP contribution in [0.3, 0.4) is 0 Å². The van der Waals surface area contributed by atoms with Crippen molar-refractivity contribution in [2.75, 3.05) is 5.75 Å². The minimum atomic E-state index is -0.0544. The molecule has 1 heterocycles. The molecule has 13 heavy (non-hydrogen) atoms. The summed E-state index contributed by atoms with van der Waals surface area (Å²) in [6, 6.07) is 0. The number of carbonyl (C=O) groups excluding carboxylic acids is 1. The first-order valence-corrected chi connectivity index (χ1v) is 5.96. The van der Waals surface area contributed by atoms with Crippen molar-refractivity contribution in [3.05, 3.63) is 12.7 Å². The lowest BCUT2D eigenvalue weighted by atomic mass is 9.96. The molecule has 1 aliphatic rings. The molecule has 0 amide bonds. The van der Waals surface area contributed by atoms with E-state index < -0.39 is 0 Å². The average Bonchev–Trinajstić information content (AvgIpc) is 2.54. The SMILES string of the molecule is C=CCCCC(=O)C1(C)CCCS1. The number of hydrogen-bond donors (Lipinski definition) is 0. The van der Waals surface area contributed by atoms with Gasteiger partial charge in [-0.2, -0.15) is 0 Å². The van der Waals surface area contributed by atoms with Crippen LogP contribution in [0.15, 0.2) is 12.7 Å². The van der Waals surface area contributed by atoms with Crippen LogP contribution in [0, 0.1) is 0 Å². The van der Waals surface area contributed by atoms with Gasteiger partial charge in [-0.25, -0.2) is 0 Å². The minimum absolute atomic E-state index is 0.0544. The Balaban J connectivity index is 2.33. The van der Waals surface area contributed by atoms with Crippen molar-refractivity contribution >= 4 is 17.5 Å². The molecule has 0 spiro atoms. The first-order valence-electron chi connectivity index (χ1n) is 4.97. The lowest BCUT2D eigenvalue weighted by Gasteiger charge is -2.20. The van der Waals surface area contributed by atoms with Gasteiger partial charge in [0.2, 0.25) is 0 Å². The number of hydrogen-bond acceptors (Lipinski definition) is 2. The Bertz CT molecular complexity index is 192. The van der Waals surface area contributed by atoms with Gasteiger partial charge in [0.1, 0.15) is 5.78 Å². The standard InChI is InChI=1S/C11H18OS/c1-3-4-5-7-10(12)11(2)8-6-9-13-11/h3H,1,4-9H2,2H3. The second-order valence-corrected chi connectivity index (χ2v) is 5.38. The third-order valence-corrected chi connectivity index (χ3v) is 4.18. The number of thioether (sulfide) groups is 1. The van der Waals surface area contributed by atoms with E-state index >= 15 is 0 Å². The zero-order chi connectivity index (χ0) is 9.73. The fourth-order valence-corrected chi connectivity index (χ4v) is 2.96. The third-order valence-electron chi connectivity index (χ3n) is 2.62. The Kier molecular flexibility index (Phi) is 4.04. The van der Waals surface area contributed by atoms with E-state index in [0.29, 0.717) is 5.78 Å². The molecule has 1 fully saturated rings. The molecule has 1 unspecified atom stereocenters. The molecule has 0 saturated carbocycles. The van der Waals surface area contributed by atoms with Crippen LogP contribution in [-0.2, 0) is 4.79 Å². The molecule has 0 aromatic heterocycles. The molecule has 1 saturated heterocycles. The maximum Gasteiger partial charge on any atom is 0.148 e. The van der Waals surface area contributed by atoms with Crippen LogP contribution in [-0.4, -0.2) is 16.3 Å². The van der Waals surface area contributed by atoms with Crippen molar-refractivity contribution in [2.24, 2.45) is 0 Å². The van der Waals surface area contributed by atoms with Gasteiger partial charge in [0, 0.05) is 6.42 Å². The van der Waals surface area contributed by atoms with Crippen molar-refractivity contribution in [3.8, 4) is 0 Å².